The van der Waals surface area contributed by atoms with Crippen molar-refractivity contribution in [2.45, 2.75) is 44.9 Å². The molecule has 0 unspecified atom stereocenters. The van der Waals surface area contributed by atoms with E-state index in [1.165, 1.54) is 16.7 Å². The van der Waals surface area contributed by atoms with Crippen LogP contribution in [0.4, 0.5) is 0 Å². The number of carbonyl (C=O) groups is 1. The van der Waals surface area contributed by atoms with E-state index in [1.54, 1.807) is 0 Å². The first kappa shape index (κ1) is 11.2. The van der Waals surface area contributed by atoms with Gasteiger partial charge in [-0.25, -0.2) is 0 Å². The van der Waals surface area contributed by atoms with Crippen LogP contribution < -0.4 is 0 Å². The van der Waals surface area contributed by atoms with Crippen LogP contribution in [0, 0.1) is 6.92 Å². The van der Waals surface area contributed by atoms with Crippen LogP contribution in [0.25, 0.3) is 0 Å². The van der Waals surface area contributed by atoms with Gasteiger partial charge in [0.05, 0.1) is 6.42 Å². The van der Waals surface area contributed by atoms with Gasteiger partial charge in [-0.3, -0.25) is 4.79 Å². The van der Waals surface area contributed by atoms with Crippen LogP contribution in [0.15, 0.2) is 18.2 Å². The smallest absolute Gasteiger partial charge is 0.304 e. The second-order valence-electron chi connectivity index (χ2n) is 4.85. The van der Waals surface area contributed by atoms with Crippen LogP contribution in [0.1, 0.15) is 42.9 Å². The van der Waals surface area contributed by atoms with Crippen molar-refractivity contribution in [2.24, 2.45) is 0 Å². The molecule has 16 heavy (non-hydrogen) atoms. The molecule has 2 nitrogen and oxygen atoms in total. The monoisotopic (exact) mass is 218 g/mol. The summed E-state index contributed by atoms with van der Waals surface area (Å²) in [7, 11) is 0. The van der Waals surface area contributed by atoms with E-state index in [1.807, 2.05) is 0 Å². The maximum absolute atomic E-state index is 10.8. The molecule has 1 N–H and O–H groups in total. The van der Waals surface area contributed by atoms with Crippen LogP contribution in [0.3, 0.4) is 0 Å². The molecule has 0 radical (unpaired) electrons. The molecule has 2 rings (SSSR count). The van der Waals surface area contributed by atoms with E-state index in [4.69, 9.17) is 5.11 Å². The zero-order valence-electron chi connectivity index (χ0n) is 9.92. The largest absolute Gasteiger partial charge is 0.481 e. The first-order valence-corrected chi connectivity index (χ1v) is 5.89. The molecule has 0 saturated heterocycles. The summed E-state index contributed by atoms with van der Waals surface area (Å²) in [6.45, 7) is 4.25. The second kappa shape index (κ2) is 3.93. The number of aliphatic carboxylic acids is 1. The van der Waals surface area contributed by atoms with Gasteiger partial charge >= 0.3 is 5.97 Å². The molecular weight excluding hydrogens is 200 g/mol. The van der Waals surface area contributed by atoms with Crippen molar-refractivity contribution in [1.82, 2.24) is 0 Å². The fourth-order valence-electron chi connectivity index (χ4n) is 2.39. The molecule has 1 fully saturated rings. The Morgan fingerprint density at radius 3 is 2.62 bits per heavy atom. The Balaban J connectivity index is 2.30. The van der Waals surface area contributed by atoms with Crippen LogP contribution in [-0.4, -0.2) is 11.1 Å². The third kappa shape index (κ3) is 1.97. The Morgan fingerprint density at radius 1 is 1.44 bits per heavy atom. The average Bonchev–Trinajstić information content (AvgIpc) is 2.98. The highest BCUT2D eigenvalue weighted by Crippen LogP contribution is 2.51. The van der Waals surface area contributed by atoms with Crippen LogP contribution in [0.2, 0.25) is 0 Å². The summed E-state index contributed by atoms with van der Waals surface area (Å²) in [4.78, 5) is 10.8. The van der Waals surface area contributed by atoms with Crippen molar-refractivity contribution in [2.75, 3.05) is 0 Å². The highest BCUT2D eigenvalue weighted by molar-refractivity contribution is 5.70. The van der Waals surface area contributed by atoms with Gasteiger partial charge in [0, 0.05) is 5.41 Å². The number of hydrogen-bond acceptors (Lipinski definition) is 1. The lowest BCUT2D eigenvalue weighted by Crippen LogP contribution is -2.13. The molecule has 0 amide bonds. The van der Waals surface area contributed by atoms with Crippen LogP contribution >= 0.6 is 0 Å². The van der Waals surface area contributed by atoms with Crippen molar-refractivity contribution < 1.29 is 9.90 Å². The summed E-state index contributed by atoms with van der Waals surface area (Å²) in [5, 5.41) is 8.93. The predicted molar refractivity (Wildman–Crippen MR) is 63.7 cm³/mol. The summed E-state index contributed by atoms with van der Waals surface area (Å²) >= 11 is 0. The summed E-state index contributed by atoms with van der Waals surface area (Å²) < 4.78 is 0. The van der Waals surface area contributed by atoms with Crippen molar-refractivity contribution in [3.05, 3.63) is 34.9 Å². The summed E-state index contributed by atoms with van der Waals surface area (Å²) in [5.74, 6) is -0.684. The van der Waals surface area contributed by atoms with Gasteiger partial charge in [0.25, 0.3) is 0 Å². The standard InChI is InChI=1S/C14H18O2/c1-3-11-8-12(5-4-10(11)2)14(6-7-14)9-13(15)16/h4-5,8H,3,6-7,9H2,1-2H3,(H,15,16). The topological polar surface area (TPSA) is 37.3 Å². The molecule has 0 heterocycles. The number of carboxylic acid groups (broad SMARTS) is 1. The summed E-state index contributed by atoms with van der Waals surface area (Å²) in [5.41, 5.74) is 3.81. The summed E-state index contributed by atoms with van der Waals surface area (Å²) in [6, 6.07) is 6.42. The second-order valence-corrected chi connectivity index (χ2v) is 4.85. The number of aryl methyl sites for hydroxylation is 2. The maximum atomic E-state index is 10.8. The van der Waals surface area contributed by atoms with Crippen molar-refractivity contribution in [3.8, 4) is 0 Å². The molecule has 0 bridgehead atoms. The molecule has 1 aromatic rings. The van der Waals surface area contributed by atoms with Crippen molar-refractivity contribution >= 4 is 5.97 Å². The zero-order chi connectivity index (χ0) is 11.8. The fraction of sp³-hybridized carbons (Fsp3) is 0.500. The first-order chi connectivity index (χ1) is 7.57. The minimum absolute atomic E-state index is 0.0521. The molecule has 1 aromatic carbocycles. The minimum Gasteiger partial charge on any atom is -0.481 e. The highest BCUT2D eigenvalue weighted by atomic mass is 16.4. The third-order valence-corrected chi connectivity index (χ3v) is 3.69. The van der Waals surface area contributed by atoms with Gasteiger partial charge in [0.2, 0.25) is 0 Å². The van der Waals surface area contributed by atoms with Crippen LogP contribution in [0.5, 0.6) is 0 Å². The Morgan fingerprint density at radius 2 is 2.12 bits per heavy atom. The van der Waals surface area contributed by atoms with E-state index in [0.717, 1.165) is 19.3 Å². The molecule has 1 saturated carbocycles. The van der Waals surface area contributed by atoms with E-state index >= 15 is 0 Å². The number of hydrogen-bond donors (Lipinski definition) is 1. The average molecular weight is 218 g/mol. The Labute approximate surface area is 96.3 Å². The molecular formula is C14H18O2. The lowest BCUT2D eigenvalue weighted by atomic mass is 9.89. The van der Waals surface area contributed by atoms with E-state index in [-0.39, 0.29) is 11.8 Å². The third-order valence-electron chi connectivity index (χ3n) is 3.69. The lowest BCUT2D eigenvalue weighted by Gasteiger charge is -2.15. The minimum atomic E-state index is -0.684. The Kier molecular flexibility index (Phi) is 2.75. The number of carboxylic acids is 1. The van der Waals surface area contributed by atoms with Gasteiger partial charge < -0.3 is 5.11 Å². The van der Waals surface area contributed by atoms with Gasteiger partial charge in [-0.1, -0.05) is 25.1 Å². The van der Waals surface area contributed by atoms with Gasteiger partial charge in [0.1, 0.15) is 0 Å². The van der Waals surface area contributed by atoms with Gasteiger partial charge in [0.15, 0.2) is 0 Å². The normalized spacial score (nSPS) is 17.1. The van der Waals surface area contributed by atoms with E-state index < -0.39 is 5.97 Å². The number of rotatable bonds is 4. The molecule has 1 aliphatic rings. The molecule has 0 atom stereocenters. The van der Waals surface area contributed by atoms with Gasteiger partial charge in [-0.05, 0) is 42.9 Å². The molecule has 0 aliphatic heterocycles. The van der Waals surface area contributed by atoms with Crippen molar-refractivity contribution in [1.29, 1.82) is 0 Å². The zero-order valence-corrected chi connectivity index (χ0v) is 9.92. The Hall–Kier alpha value is -1.31. The molecule has 0 aromatic heterocycles. The first-order valence-electron chi connectivity index (χ1n) is 5.89. The van der Waals surface area contributed by atoms with E-state index in [0.29, 0.717) is 0 Å². The van der Waals surface area contributed by atoms with E-state index in [2.05, 4.69) is 32.0 Å². The van der Waals surface area contributed by atoms with Crippen molar-refractivity contribution in [3.63, 3.8) is 0 Å². The molecule has 1 aliphatic carbocycles. The predicted octanol–water partition coefficient (Wildman–Crippen LogP) is 3.06. The number of benzene rings is 1. The van der Waals surface area contributed by atoms with Crippen LogP contribution in [-0.2, 0) is 16.6 Å². The van der Waals surface area contributed by atoms with Gasteiger partial charge in [-0.15, -0.1) is 0 Å². The summed E-state index contributed by atoms with van der Waals surface area (Å²) in [6.07, 6.45) is 3.33. The molecule has 86 valence electrons. The maximum Gasteiger partial charge on any atom is 0.304 e. The lowest BCUT2D eigenvalue weighted by molar-refractivity contribution is -0.137. The van der Waals surface area contributed by atoms with Gasteiger partial charge in [-0.2, -0.15) is 0 Å². The molecule has 0 spiro atoms. The fourth-order valence-corrected chi connectivity index (χ4v) is 2.39. The molecule has 2 heteroatoms. The SMILES string of the molecule is CCc1cc(C2(CC(=O)O)CC2)ccc1C. The highest BCUT2D eigenvalue weighted by Gasteiger charge is 2.45. The van der Waals surface area contributed by atoms with E-state index in [9.17, 15) is 4.79 Å². The Bertz CT molecular complexity index is 417. The quantitative estimate of drug-likeness (QED) is 0.843.